The molecule has 0 bridgehead atoms. The SMILES string of the molecule is COC[C@]1(OC)CC[C@@H](C)[C@]1(C)C[C@@H](C1=C2CCC(=O)C(Br)=C2CCC1)c1ccc(/C=N/O)cc1. The molecule has 35 heavy (non-hydrogen) atoms. The molecule has 4 atom stereocenters. The van der Waals surface area contributed by atoms with Gasteiger partial charge in [0.05, 0.1) is 22.9 Å². The normalized spacial score (nSPS) is 30.3. The van der Waals surface area contributed by atoms with Gasteiger partial charge >= 0.3 is 0 Å². The molecule has 3 aliphatic rings. The third-order valence-corrected chi connectivity index (χ3v) is 10.1. The largest absolute Gasteiger partial charge is 0.411 e. The molecule has 1 aromatic rings. The second-order valence-electron chi connectivity index (χ2n) is 10.7. The van der Waals surface area contributed by atoms with Gasteiger partial charge in [0, 0.05) is 32.0 Å². The quantitative estimate of drug-likeness (QED) is 0.219. The summed E-state index contributed by atoms with van der Waals surface area (Å²) < 4.78 is 12.8. The Bertz CT molecular complexity index is 1040. The molecule has 3 aliphatic carbocycles. The number of hydrogen-bond donors (Lipinski definition) is 1. The number of ether oxygens (including phenoxy) is 2. The molecule has 0 saturated heterocycles. The van der Waals surface area contributed by atoms with Crippen molar-refractivity contribution in [2.24, 2.45) is 16.5 Å². The summed E-state index contributed by atoms with van der Waals surface area (Å²) in [5.74, 6) is 0.930. The van der Waals surface area contributed by atoms with E-state index in [1.807, 2.05) is 19.2 Å². The van der Waals surface area contributed by atoms with E-state index in [0.29, 0.717) is 18.9 Å². The maximum absolute atomic E-state index is 12.5. The van der Waals surface area contributed by atoms with Crippen LogP contribution in [0.1, 0.15) is 82.3 Å². The third-order valence-electron chi connectivity index (χ3n) is 9.21. The predicted octanol–water partition coefficient (Wildman–Crippen LogP) is 6.93. The molecule has 1 fully saturated rings. The molecular weight excluding hydrogens is 506 g/mol. The zero-order chi connectivity index (χ0) is 25.2. The van der Waals surface area contributed by atoms with Crippen molar-refractivity contribution < 1.29 is 19.5 Å². The van der Waals surface area contributed by atoms with Gasteiger partial charge in [-0.3, -0.25) is 4.79 Å². The summed E-state index contributed by atoms with van der Waals surface area (Å²) in [6, 6.07) is 8.38. The first kappa shape index (κ1) is 26.3. The second-order valence-corrected chi connectivity index (χ2v) is 11.5. The van der Waals surface area contributed by atoms with E-state index >= 15 is 0 Å². The van der Waals surface area contributed by atoms with Crippen LogP contribution in [-0.4, -0.2) is 43.6 Å². The number of allylic oxidation sites excluding steroid dienone is 4. The van der Waals surface area contributed by atoms with Crippen LogP contribution < -0.4 is 0 Å². The van der Waals surface area contributed by atoms with E-state index in [9.17, 15) is 4.79 Å². The number of carbonyl (C=O) groups excluding carboxylic acids is 1. The molecule has 0 aliphatic heterocycles. The number of Topliss-reactive ketones (excluding diaryl/α,β-unsaturated/α-hetero) is 1. The van der Waals surface area contributed by atoms with E-state index < -0.39 is 0 Å². The van der Waals surface area contributed by atoms with Gasteiger partial charge in [-0.2, -0.15) is 0 Å². The summed E-state index contributed by atoms with van der Waals surface area (Å²) in [5.41, 5.74) is 5.80. The topological polar surface area (TPSA) is 68.1 Å². The van der Waals surface area contributed by atoms with Gasteiger partial charge in [-0.1, -0.05) is 48.8 Å². The Labute approximate surface area is 217 Å². The highest BCUT2D eigenvalue weighted by Gasteiger charge is 2.57. The predicted molar refractivity (Wildman–Crippen MR) is 142 cm³/mol. The molecule has 5 nitrogen and oxygen atoms in total. The smallest absolute Gasteiger partial charge is 0.170 e. The van der Waals surface area contributed by atoms with Crippen molar-refractivity contribution in [3.63, 3.8) is 0 Å². The zero-order valence-electron chi connectivity index (χ0n) is 21.4. The summed E-state index contributed by atoms with van der Waals surface area (Å²) in [7, 11) is 3.60. The van der Waals surface area contributed by atoms with Gasteiger partial charge in [0.25, 0.3) is 0 Å². The highest BCUT2D eigenvalue weighted by atomic mass is 79.9. The molecule has 0 spiro atoms. The standard InChI is InChI=1S/C29H38BrNO4/c1-19-14-15-29(35-4,18-34-3)28(19,2)16-25(21-10-8-20(9-11-21)17-31-33)22-6-5-7-24-23(22)12-13-26(32)27(24)30/h8-11,17,19,25,33H,5-7,12-16,18H2,1-4H3/b31-17+/t19-,25-,28+,29-/m1/s1. The monoisotopic (exact) mass is 543 g/mol. The minimum absolute atomic E-state index is 0.0791. The number of carbonyl (C=O) groups is 1. The minimum Gasteiger partial charge on any atom is -0.411 e. The minimum atomic E-state index is -0.329. The van der Waals surface area contributed by atoms with Gasteiger partial charge in [0.1, 0.15) is 0 Å². The Kier molecular flexibility index (Phi) is 8.04. The van der Waals surface area contributed by atoms with Gasteiger partial charge in [-0.25, -0.2) is 0 Å². The van der Waals surface area contributed by atoms with E-state index in [1.165, 1.54) is 28.5 Å². The van der Waals surface area contributed by atoms with E-state index in [1.54, 1.807) is 7.11 Å². The summed E-state index contributed by atoms with van der Waals surface area (Å²) in [5, 5.41) is 12.2. The van der Waals surface area contributed by atoms with E-state index in [-0.39, 0.29) is 22.7 Å². The van der Waals surface area contributed by atoms with Crippen LogP contribution in [0.25, 0.3) is 0 Å². The fourth-order valence-electron chi connectivity index (χ4n) is 6.91. The maximum Gasteiger partial charge on any atom is 0.170 e. The summed E-state index contributed by atoms with van der Waals surface area (Å²) in [6.07, 6.45) is 8.98. The number of hydrogen-bond acceptors (Lipinski definition) is 5. The number of fused-ring (bicyclic) bond motifs is 1. The van der Waals surface area contributed by atoms with Gasteiger partial charge in [0.15, 0.2) is 5.78 Å². The summed E-state index contributed by atoms with van der Waals surface area (Å²) >= 11 is 3.63. The van der Waals surface area contributed by atoms with Crippen LogP contribution in [0.2, 0.25) is 0 Å². The maximum atomic E-state index is 12.5. The van der Waals surface area contributed by atoms with Gasteiger partial charge in [-0.05, 0) is 89.1 Å². The Hall–Kier alpha value is -1.76. The molecule has 190 valence electrons. The lowest BCUT2D eigenvalue weighted by molar-refractivity contribution is -0.138. The number of halogens is 1. The van der Waals surface area contributed by atoms with Crippen LogP contribution in [0, 0.1) is 11.3 Å². The molecule has 1 saturated carbocycles. The van der Waals surface area contributed by atoms with Crippen LogP contribution in [-0.2, 0) is 14.3 Å². The Morgan fingerprint density at radius 2 is 1.91 bits per heavy atom. The fraction of sp³-hybridized carbons (Fsp3) is 0.586. The lowest BCUT2D eigenvalue weighted by atomic mass is 9.62. The first-order chi connectivity index (χ1) is 16.8. The van der Waals surface area contributed by atoms with Gasteiger partial charge < -0.3 is 14.7 Å². The fourth-order valence-corrected chi connectivity index (χ4v) is 7.54. The summed E-state index contributed by atoms with van der Waals surface area (Å²) in [4.78, 5) is 12.5. The van der Waals surface area contributed by atoms with Crippen LogP contribution in [0.3, 0.4) is 0 Å². The molecule has 1 aromatic carbocycles. The molecule has 0 amide bonds. The van der Waals surface area contributed by atoms with Gasteiger partial charge in [0.2, 0.25) is 0 Å². The van der Waals surface area contributed by atoms with Crippen molar-refractivity contribution in [3.05, 3.63) is 56.6 Å². The number of benzene rings is 1. The van der Waals surface area contributed by atoms with Crippen molar-refractivity contribution in [2.75, 3.05) is 20.8 Å². The number of rotatable bonds is 8. The van der Waals surface area contributed by atoms with Gasteiger partial charge in [-0.15, -0.1) is 0 Å². The van der Waals surface area contributed by atoms with Crippen LogP contribution >= 0.6 is 15.9 Å². The van der Waals surface area contributed by atoms with Crippen molar-refractivity contribution in [1.29, 1.82) is 0 Å². The molecule has 0 heterocycles. The molecule has 4 rings (SSSR count). The zero-order valence-corrected chi connectivity index (χ0v) is 23.0. The van der Waals surface area contributed by atoms with Crippen LogP contribution in [0.5, 0.6) is 0 Å². The van der Waals surface area contributed by atoms with Crippen molar-refractivity contribution in [1.82, 2.24) is 0 Å². The highest BCUT2D eigenvalue weighted by Crippen LogP contribution is 2.58. The molecule has 6 heteroatoms. The van der Waals surface area contributed by atoms with Crippen molar-refractivity contribution in [2.45, 2.75) is 76.7 Å². The van der Waals surface area contributed by atoms with E-state index in [4.69, 9.17) is 14.7 Å². The Morgan fingerprint density at radius 3 is 2.57 bits per heavy atom. The number of nitrogens with zero attached hydrogens (tertiary/aromatic N) is 1. The third kappa shape index (κ3) is 4.70. The number of ketones is 1. The average molecular weight is 545 g/mol. The first-order valence-corrected chi connectivity index (χ1v) is 13.5. The number of oxime groups is 1. The lowest BCUT2D eigenvalue weighted by Crippen LogP contribution is -2.50. The summed E-state index contributed by atoms with van der Waals surface area (Å²) in [6.45, 7) is 5.33. The highest BCUT2D eigenvalue weighted by molar-refractivity contribution is 9.12. The first-order valence-electron chi connectivity index (χ1n) is 12.8. The average Bonchev–Trinajstić information content (AvgIpc) is 3.11. The molecule has 1 N–H and O–H groups in total. The Morgan fingerprint density at radius 1 is 1.17 bits per heavy atom. The molecular formula is C29H38BrNO4. The van der Waals surface area contributed by atoms with E-state index in [0.717, 1.165) is 55.0 Å². The number of methoxy groups -OCH3 is 2. The molecule has 0 radical (unpaired) electrons. The molecule has 0 unspecified atom stereocenters. The molecule has 0 aromatic heterocycles. The van der Waals surface area contributed by atoms with E-state index in [2.05, 4.69) is 47.1 Å². The Balaban J connectivity index is 1.85. The van der Waals surface area contributed by atoms with Crippen molar-refractivity contribution in [3.8, 4) is 0 Å². The second kappa shape index (κ2) is 10.7. The van der Waals surface area contributed by atoms with Crippen LogP contribution in [0.15, 0.2) is 50.6 Å². The van der Waals surface area contributed by atoms with Crippen LogP contribution in [0.4, 0.5) is 0 Å². The lowest BCUT2D eigenvalue weighted by Gasteiger charge is -2.47. The van der Waals surface area contributed by atoms with Crippen molar-refractivity contribution >= 4 is 27.9 Å².